The molecule has 4 nitrogen and oxygen atoms in total. The minimum Gasteiger partial charge on any atom is -0.384 e. The van der Waals surface area contributed by atoms with Gasteiger partial charge in [0.1, 0.15) is 18.0 Å². The van der Waals surface area contributed by atoms with Crippen LogP contribution in [-0.2, 0) is 0 Å². The van der Waals surface area contributed by atoms with Crippen molar-refractivity contribution in [2.75, 3.05) is 11.1 Å². The van der Waals surface area contributed by atoms with Crippen molar-refractivity contribution in [3.63, 3.8) is 0 Å². The van der Waals surface area contributed by atoms with E-state index in [1.807, 2.05) is 30.3 Å². The number of nitrogens with two attached hydrogens (primary N) is 1. The van der Waals surface area contributed by atoms with Crippen molar-refractivity contribution in [3.05, 3.63) is 67.0 Å². The van der Waals surface area contributed by atoms with Crippen LogP contribution in [0.4, 0.5) is 17.3 Å². The molecule has 0 bridgehead atoms. The average Bonchev–Trinajstić information content (AvgIpc) is 2.49. The van der Waals surface area contributed by atoms with Gasteiger partial charge in [0, 0.05) is 11.8 Å². The first-order chi connectivity index (χ1) is 9.81. The summed E-state index contributed by atoms with van der Waals surface area (Å²) in [6.45, 7) is 0. The van der Waals surface area contributed by atoms with Crippen molar-refractivity contribution >= 4 is 17.3 Å². The van der Waals surface area contributed by atoms with E-state index in [2.05, 4.69) is 39.6 Å². The van der Waals surface area contributed by atoms with E-state index in [4.69, 9.17) is 5.73 Å². The molecule has 3 aromatic rings. The van der Waals surface area contributed by atoms with Crippen molar-refractivity contribution in [1.29, 1.82) is 0 Å². The van der Waals surface area contributed by atoms with Gasteiger partial charge < -0.3 is 11.1 Å². The first-order valence-corrected chi connectivity index (χ1v) is 6.31. The topological polar surface area (TPSA) is 63.8 Å². The lowest BCUT2D eigenvalue weighted by Crippen LogP contribution is -1.97. The highest BCUT2D eigenvalue weighted by Crippen LogP contribution is 2.22. The van der Waals surface area contributed by atoms with Crippen LogP contribution in [0.5, 0.6) is 0 Å². The Morgan fingerprint density at radius 3 is 2.20 bits per heavy atom. The van der Waals surface area contributed by atoms with E-state index in [0.29, 0.717) is 11.6 Å². The second-order valence-electron chi connectivity index (χ2n) is 4.40. The van der Waals surface area contributed by atoms with Crippen LogP contribution >= 0.6 is 0 Å². The standard InChI is InChI=1S/C16H14N4/c17-15-10-16(19-11-18-15)20-14-8-6-13(7-9-14)12-4-2-1-3-5-12/h1-11H,(H3,17,18,19,20). The van der Waals surface area contributed by atoms with Gasteiger partial charge in [0.2, 0.25) is 0 Å². The lowest BCUT2D eigenvalue weighted by Gasteiger charge is -2.07. The van der Waals surface area contributed by atoms with Crippen LogP contribution in [0.15, 0.2) is 67.0 Å². The van der Waals surface area contributed by atoms with Gasteiger partial charge in [0.05, 0.1) is 0 Å². The fourth-order valence-electron chi connectivity index (χ4n) is 1.97. The summed E-state index contributed by atoms with van der Waals surface area (Å²) in [5, 5.41) is 3.19. The molecule has 0 saturated carbocycles. The molecule has 1 aromatic heterocycles. The van der Waals surface area contributed by atoms with Gasteiger partial charge in [-0.2, -0.15) is 0 Å². The van der Waals surface area contributed by atoms with Crippen molar-refractivity contribution in [1.82, 2.24) is 9.97 Å². The highest BCUT2D eigenvalue weighted by molar-refractivity contribution is 5.67. The highest BCUT2D eigenvalue weighted by atomic mass is 15.0. The van der Waals surface area contributed by atoms with Gasteiger partial charge in [-0.15, -0.1) is 0 Å². The number of anilines is 3. The van der Waals surface area contributed by atoms with E-state index in [1.54, 1.807) is 6.07 Å². The molecule has 98 valence electrons. The summed E-state index contributed by atoms with van der Waals surface area (Å²) in [6.07, 6.45) is 1.44. The Bertz CT molecular complexity index is 693. The molecule has 0 spiro atoms. The smallest absolute Gasteiger partial charge is 0.135 e. The second-order valence-corrected chi connectivity index (χ2v) is 4.40. The van der Waals surface area contributed by atoms with E-state index in [-0.39, 0.29) is 0 Å². The first-order valence-electron chi connectivity index (χ1n) is 6.31. The largest absolute Gasteiger partial charge is 0.384 e. The zero-order valence-electron chi connectivity index (χ0n) is 10.8. The molecule has 0 amide bonds. The fourth-order valence-corrected chi connectivity index (χ4v) is 1.97. The van der Waals surface area contributed by atoms with Crippen LogP contribution in [0.25, 0.3) is 11.1 Å². The average molecular weight is 262 g/mol. The molecule has 20 heavy (non-hydrogen) atoms. The molecule has 0 saturated heterocycles. The van der Waals surface area contributed by atoms with Gasteiger partial charge in [-0.3, -0.25) is 0 Å². The van der Waals surface area contributed by atoms with Gasteiger partial charge >= 0.3 is 0 Å². The third-order valence-corrected chi connectivity index (χ3v) is 2.95. The number of nitrogens with one attached hydrogen (secondary N) is 1. The Morgan fingerprint density at radius 1 is 0.800 bits per heavy atom. The van der Waals surface area contributed by atoms with Gasteiger partial charge in [-0.05, 0) is 23.3 Å². The van der Waals surface area contributed by atoms with Crippen molar-refractivity contribution in [2.24, 2.45) is 0 Å². The van der Waals surface area contributed by atoms with Crippen molar-refractivity contribution in [2.45, 2.75) is 0 Å². The molecule has 4 heteroatoms. The number of hydrogen-bond acceptors (Lipinski definition) is 4. The number of hydrogen-bond donors (Lipinski definition) is 2. The monoisotopic (exact) mass is 262 g/mol. The normalized spacial score (nSPS) is 10.2. The predicted molar refractivity (Wildman–Crippen MR) is 81.6 cm³/mol. The number of nitrogen functional groups attached to an aromatic ring is 1. The molecule has 2 aromatic carbocycles. The molecule has 0 aliphatic heterocycles. The maximum Gasteiger partial charge on any atom is 0.135 e. The molecule has 0 unspecified atom stereocenters. The molecule has 1 heterocycles. The summed E-state index contributed by atoms with van der Waals surface area (Å²) >= 11 is 0. The SMILES string of the molecule is Nc1cc(Nc2ccc(-c3ccccc3)cc2)ncn1. The summed E-state index contributed by atoms with van der Waals surface area (Å²) in [5.74, 6) is 1.13. The Labute approximate surface area is 117 Å². The lowest BCUT2D eigenvalue weighted by molar-refractivity contribution is 1.18. The van der Waals surface area contributed by atoms with E-state index in [9.17, 15) is 0 Å². The maximum absolute atomic E-state index is 5.62. The Kier molecular flexibility index (Phi) is 3.29. The van der Waals surface area contributed by atoms with E-state index < -0.39 is 0 Å². The molecule has 0 atom stereocenters. The molecule has 0 radical (unpaired) electrons. The van der Waals surface area contributed by atoms with Crippen molar-refractivity contribution < 1.29 is 0 Å². The van der Waals surface area contributed by atoms with E-state index >= 15 is 0 Å². The number of nitrogens with zero attached hydrogens (tertiary/aromatic N) is 2. The molecular weight excluding hydrogens is 248 g/mol. The first kappa shape index (κ1) is 12.2. The van der Waals surface area contributed by atoms with Crippen molar-refractivity contribution in [3.8, 4) is 11.1 Å². The molecular formula is C16H14N4. The zero-order valence-corrected chi connectivity index (χ0v) is 10.8. The summed E-state index contributed by atoms with van der Waals surface area (Å²) in [7, 11) is 0. The molecule has 0 aliphatic carbocycles. The summed E-state index contributed by atoms with van der Waals surface area (Å²) in [6, 6.07) is 20.1. The number of rotatable bonds is 3. The van der Waals surface area contributed by atoms with E-state index in [0.717, 1.165) is 5.69 Å². The van der Waals surface area contributed by atoms with E-state index in [1.165, 1.54) is 17.5 Å². The van der Waals surface area contributed by atoms with Crippen LogP contribution in [0.2, 0.25) is 0 Å². The van der Waals surface area contributed by atoms with Crippen LogP contribution in [-0.4, -0.2) is 9.97 Å². The Hall–Kier alpha value is -2.88. The highest BCUT2D eigenvalue weighted by Gasteiger charge is 1.99. The summed E-state index contributed by atoms with van der Waals surface area (Å²) < 4.78 is 0. The molecule has 0 aliphatic rings. The predicted octanol–water partition coefficient (Wildman–Crippen LogP) is 3.47. The summed E-state index contributed by atoms with van der Waals surface area (Å²) in [5.41, 5.74) is 8.96. The lowest BCUT2D eigenvalue weighted by atomic mass is 10.1. The zero-order chi connectivity index (χ0) is 13.8. The van der Waals surface area contributed by atoms with Gasteiger partial charge in [0.25, 0.3) is 0 Å². The minimum absolute atomic E-state index is 0.448. The van der Waals surface area contributed by atoms with Crippen LogP contribution < -0.4 is 11.1 Å². The van der Waals surface area contributed by atoms with Gasteiger partial charge in [0.15, 0.2) is 0 Å². The molecule has 0 fully saturated rings. The fraction of sp³-hybridized carbons (Fsp3) is 0. The number of aromatic nitrogens is 2. The summed E-state index contributed by atoms with van der Waals surface area (Å²) in [4.78, 5) is 7.98. The molecule has 3 rings (SSSR count). The van der Waals surface area contributed by atoms with Gasteiger partial charge in [-0.25, -0.2) is 9.97 Å². The third-order valence-electron chi connectivity index (χ3n) is 2.95. The van der Waals surface area contributed by atoms with Gasteiger partial charge in [-0.1, -0.05) is 42.5 Å². The number of benzene rings is 2. The van der Waals surface area contributed by atoms with Crippen LogP contribution in [0, 0.1) is 0 Å². The molecule has 3 N–H and O–H groups in total. The quantitative estimate of drug-likeness (QED) is 0.758. The second kappa shape index (κ2) is 5.40. The third kappa shape index (κ3) is 2.75. The maximum atomic E-state index is 5.62. The minimum atomic E-state index is 0.448. The Morgan fingerprint density at radius 2 is 1.50 bits per heavy atom. The Balaban J connectivity index is 1.80. The van der Waals surface area contributed by atoms with Crippen LogP contribution in [0.3, 0.4) is 0 Å². The van der Waals surface area contributed by atoms with Crippen LogP contribution in [0.1, 0.15) is 0 Å².